The zero-order chi connectivity index (χ0) is 14.1. The van der Waals surface area contributed by atoms with Gasteiger partial charge in [-0.2, -0.15) is 0 Å². The molecule has 20 heavy (non-hydrogen) atoms. The maximum absolute atomic E-state index is 13.6. The smallest absolute Gasteiger partial charge is 0.128 e. The molecule has 0 radical (unpaired) electrons. The number of rotatable bonds is 2. The topological polar surface area (TPSA) is 56.5 Å². The fraction of sp³-hybridized carbons (Fsp3) is 0.143. The molecule has 100 valence electrons. The van der Waals surface area contributed by atoms with Crippen molar-refractivity contribution in [1.29, 1.82) is 0 Å². The minimum absolute atomic E-state index is 0.266. The molecule has 0 aliphatic carbocycles. The van der Waals surface area contributed by atoms with E-state index in [1.54, 1.807) is 37.6 Å². The van der Waals surface area contributed by atoms with E-state index < -0.39 is 0 Å². The third kappa shape index (κ3) is 2.27. The van der Waals surface area contributed by atoms with Crippen molar-refractivity contribution >= 4 is 0 Å². The molecule has 0 saturated carbocycles. The van der Waals surface area contributed by atoms with Crippen LogP contribution in [0.4, 0.5) is 4.39 Å². The van der Waals surface area contributed by atoms with Crippen LogP contribution in [0.2, 0.25) is 0 Å². The Balaban J connectivity index is 1.97. The molecular formula is C14H12FN5. The first-order valence-corrected chi connectivity index (χ1v) is 6.11. The average Bonchev–Trinajstić information content (AvgIpc) is 2.92. The molecule has 2 aromatic heterocycles. The normalized spacial score (nSPS) is 10.8. The largest absolute Gasteiger partial charge is 0.241 e. The van der Waals surface area contributed by atoms with E-state index >= 15 is 0 Å². The van der Waals surface area contributed by atoms with E-state index in [0.717, 1.165) is 5.56 Å². The third-order valence-electron chi connectivity index (χ3n) is 2.99. The maximum atomic E-state index is 13.6. The summed E-state index contributed by atoms with van der Waals surface area (Å²) in [5.41, 5.74) is 2.64. The van der Waals surface area contributed by atoms with Gasteiger partial charge in [0.2, 0.25) is 0 Å². The summed E-state index contributed by atoms with van der Waals surface area (Å²) in [6, 6.07) is 4.93. The van der Waals surface area contributed by atoms with Crippen LogP contribution in [0, 0.1) is 19.7 Å². The van der Waals surface area contributed by atoms with E-state index in [0.29, 0.717) is 22.8 Å². The van der Waals surface area contributed by atoms with Gasteiger partial charge in [-0.3, -0.25) is 0 Å². The van der Waals surface area contributed by atoms with Crippen LogP contribution in [-0.4, -0.2) is 25.0 Å². The lowest BCUT2D eigenvalue weighted by Gasteiger charge is -2.01. The highest BCUT2D eigenvalue weighted by atomic mass is 19.1. The summed E-state index contributed by atoms with van der Waals surface area (Å²) in [4.78, 5) is 8.23. The fourth-order valence-corrected chi connectivity index (χ4v) is 1.77. The van der Waals surface area contributed by atoms with Crippen LogP contribution in [0.1, 0.15) is 11.4 Å². The quantitative estimate of drug-likeness (QED) is 0.717. The third-order valence-corrected chi connectivity index (χ3v) is 2.99. The molecule has 0 amide bonds. The second-order valence-corrected chi connectivity index (χ2v) is 4.50. The Morgan fingerprint density at radius 1 is 1.10 bits per heavy atom. The molecule has 0 aliphatic rings. The van der Waals surface area contributed by atoms with Crippen LogP contribution in [0.5, 0.6) is 0 Å². The van der Waals surface area contributed by atoms with Crippen molar-refractivity contribution in [3.05, 3.63) is 54.0 Å². The highest BCUT2D eigenvalue weighted by Gasteiger charge is 2.07. The Morgan fingerprint density at radius 2 is 1.85 bits per heavy atom. The molecule has 0 saturated heterocycles. The molecule has 0 fully saturated rings. The predicted octanol–water partition coefficient (Wildman–Crippen LogP) is 2.48. The van der Waals surface area contributed by atoms with Crippen molar-refractivity contribution in [3.63, 3.8) is 0 Å². The number of halogens is 1. The van der Waals surface area contributed by atoms with Gasteiger partial charge in [-0.1, -0.05) is 11.3 Å². The average molecular weight is 269 g/mol. The van der Waals surface area contributed by atoms with Gasteiger partial charge in [-0.05, 0) is 31.5 Å². The van der Waals surface area contributed by atoms with Crippen LogP contribution in [-0.2, 0) is 0 Å². The van der Waals surface area contributed by atoms with Gasteiger partial charge in [0.15, 0.2) is 0 Å². The van der Waals surface area contributed by atoms with Crippen LogP contribution in [0.3, 0.4) is 0 Å². The van der Waals surface area contributed by atoms with Gasteiger partial charge in [0.05, 0.1) is 11.9 Å². The number of benzene rings is 1. The zero-order valence-electron chi connectivity index (χ0n) is 11.1. The van der Waals surface area contributed by atoms with Gasteiger partial charge in [-0.15, -0.1) is 5.10 Å². The minimum atomic E-state index is -0.266. The molecule has 3 aromatic rings. The number of nitrogens with zero attached hydrogens (tertiary/aromatic N) is 5. The molecule has 0 bridgehead atoms. The molecule has 3 rings (SSSR count). The van der Waals surface area contributed by atoms with E-state index in [1.165, 1.54) is 10.7 Å². The van der Waals surface area contributed by atoms with Crippen molar-refractivity contribution in [2.75, 3.05) is 0 Å². The monoisotopic (exact) mass is 269 g/mol. The van der Waals surface area contributed by atoms with Crippen LogP contribution >= 0.6 is 0 Å². The standard InChI is InChI=1S/C14H12FN5/c1-9-3-4-12(5-13(9)15)20-8-14(18-19-20)11-6-16-10(2)17-7-11/h3-8H,1-2H3. The summed E-state index contributed by atoms with van der Waals surface area (Å²) in [7, 11) is 0. The van der Waals surface area contributed by atoms with E-state index in [-0.39, 0.29) is 5.82 Å². The van der Waals surface area contributed by atoms with Gasteiger partial charge >= 0.3 is 0 Å². The number of aromatic nitrogens is 5. The molecule has 2 heterocycles. The fourth-order valence-electron chi connectivity index (χ4n) is 1.77. The van der Waals surface area contributed by atoms with E-state index in [2.05, 4.69) is 20.3 Å². The van der Waals surface area contributed by atoms with Crippen LogP contribution < -0.4 is 0 Å². The Kier molecular flexibility index (Phi) is 2.98. The first kappa shape index (κ1) is 12.4. The molecule has 1 aromatic carbocycles. The summed E-state index contributed by atoms with van der Waals surface area (Å²) in [5.74, 6) is 0.431. The second kappa shape index (κ2) is 4.80. The van der Waals surface area contributed by atoms with Crippen molar-refractivity contribution in [2.45, 2.75) is 13.8 Å². The van der Waals surface area contributed by atoms with Gasteiger partial charge in [0.1, 0.15) is 17.3 Å². The lowest BCUT2D eigenvalue weighted by molar-refractivity contribution is 0.615. The number of aryl methyl sites for hydroxylation is 2. The predicted molar refractivity (Wildman–Crippen MR) is 71.8 cm³/mol. The van der Waals surface area contributed by atoms with Crippen molar-refractivity contribution in [3.8, 4) is 16.9 Å². The van der Waals surface area contributed by atoms with E-state index in [9.17, 15) is 4.39 Å². The Labute approximate surface area is 115 Å². The Morgan fingerprint density at radius 3 is 2.55 bits per heavy atom. The second-order valence-electron chi connectivity index (χ2n) is 4.50. The van der Waals surface area contributed by atoms with Crippen molar-refractivity contribution in [1.82, 2.24) is 25.0 Å². The first-order valence-electron chi connectivity index (χ1n) is 6.11. The van der Waals surface area contributed by atoms with Crippen molar-refractivity contribution < 1.29 is 4.39 Å². The summed E-state index contributed by atoms with van der Waals surface area (Å²) < 4.78 is 15.1. The Hall–Kier alpha value is -2.63. The summed E-state index contributed by atoms with van der Waals surface area (Å²) in [6.07, 6.45) is 5.09. The first-order chi connectivity index (χ1) is 9.63. The molecule has 0 aliphatic heterocycles. The van der Waals surface area contributed by atoms with Crippen LogP contribution in [0.25, 0.3) is 16.9 Å². The van der Waals surface area contributed by atoms with E-state index in [1.807, 2.05) is 6.92 Å². The highest BCUT2D eigenvalue weighted by Crippen LogP contribution is 2.17. The zero-order valence-corrected chi connectivity index (χ0v) is 11.1. The molecule has 0 unspecified atom stereocenters. The molecule has 0 N–H and O–H groups in total. The number of hydrogen-bond acceptors (Lipinski definition) is 4. The highest BCUT2D eigenvalue weighted by molar-refractivity contribution is 5.55. The summed E-state index contributed by atoms with van der Waals surface area (Å²) in [6.45, 7) is 3.53. The van der Waals surface area contributed by atoms with Crippen LogP contribution in [0.15, 0.2) is 36.8 Å². The Bertz CT molecular complexity index is 749. The lowest BCUT2D eigenvalue weighted by Crippen LogP contribution is -1.96. The lowest BCUT2D eigenvalue weighted by atomic mass is 10.2. The van der Waals surface area contributed by atoms with E-state index in [4.69, 9.17) is 0 Å². The van der Waals surface area contributed by atoms with Gasteiger partial charge in [0, 0.05) is 18.0 Å². The molecule has 6 heteroatoms. The van der Waals surface area contributed by atoms with Gasteiger partial charge < -0.3 is 0 Å². The minimum Gasteiger partial charge on any atom is -0.241 e. The summed E-state index contributed by atoms with van der Waals surface area (Å²) in [5, 5.41) is 8.06. The summed E-state index contributed by atoms with van der Waals surface area (Å²) >= 11 is 0. The SMILES string of the molecule is Cc1ncc(-c2cn(-c3ccc(C)c(F)c3)nn2)cn1. The molecule has 0 spiro atoms. The number of hydrogen-bond donors (Lipinski definition) is 0. The molecule has 0 atom stereocenters. The maximum Gasteiger partial charge on any atom is 0.128 e. The molecular weight excluding hydrogens is 257 g/mol. The van der Waals surface area contributed by atoms with Crippen molar-refractivity contribution in [2.24, 2.45) is 0 Å². The van der Waals surface area contributed by atoms with Gasteiger partial charge in [0.25, 0.3) is 0 Å². The van der Waals surface area contributed by atoms with Gasteiger partial charge in [-0.25, -0.2) is 19.0 Å². The molecule has 5 nitrogen and oxygen atoms in total.